The predicted molar refractivity (Wildman–Crippen MR) is 76.1 cm³/mol. The smallest absolute Gasteiger partial charge is 0.182 e. The Morgan fingerprint density at radius 1 is 1.11 bits per heavy atom. The van der Waals surface area contributed by atoms with Crippen molar-refractivity contribution in [3.8, 4) is 5.69 Å². The van der Waals surface area contributed by atoms with E-state index >= 15 is 0 Å². The van der Waals surface area contributed by atoms with Gasteiger partial charge in [0, 0.05) is 4.47 Å². The molecule has 0 radical (unpaired) electrons. The maximum Gasteiger partial charge on any atom is 0.182 e. The van der Waals surface area contributed by atoms with E-state index in [1.165, 1.54) is 18.2 Å². The van der Waals surface area contributed by atoms with Gasteiger partial charge in [0.2, 0.25) is 0 Å². The molecule has 0 atom stereocenters. The second kappa shape index (κ2) is 4.54. The lowest BCUT2D eigenvalue weighted by Crippen LogP contribution is -1.97. The Balaban J connectivity index is 2.36. The molecular weight excluding hydrogens is 334 g/mol. The molecule has 0 aliphatic rings. The second-order valence-corrected chi connectivity index (χ2v) is 5.33. The molecule has 0 spiro atoms. The van der Waals surface area contributed by atoms with Crippen LogP contribution in [0.1, 0.15) is 0 Å². The van der Waals surface area contributed by atoms with E-state index in [4.69, 9.17) is 12.2 Å². The Labute approximate surface area is 120 Å². The molecule has 1 heterocycles. The van der Waals surface area contributed by atoms with Crippen LogP contribution < -0.4 is 0 Å². The molecule has 19 heavy (non-hydrogen) atoms. The normalized spacial score (nSPS) is 11.1. The van der Waals surface area contributed by atoms with Gasteiger partial charge < -0.3 is 4.98 Å². The minimum Gasteiger partial charge on any atom is -0.330 e. The molecule has 0 saturated carbocycles. The van der Waals surface area contributed by atoms with Crippen LogP contribution in [0.4, 0.5) is 8.78 Å². The zero-order chi connectivity index (χ0) is 13.6. The van der Waals surface area contributed by atoms with Crippen molar-refractivity contribution in [1.29, 1.82) is 0 Å². The fourth-order valence-electron chi connectivity index (χ4n) is 1.99. The first-order valence-corrected chi connectivity index (χ1v) is 6.62. The first kappa shape index (κ1) is 12.5. The predicted octanol–water partition coefficient (Wildman–Crippen LogP) is 4.73. The number of H-pyrrole nitrogens is 1. The summed E-state index contributed by atoms with van der Waals surface area (Å²) in [4.78, 5) is 2.87. The number of hydrogen-bond acceptors (Lipinski definition) is 1. The Morgan fingerprint density at radius 3 is 2.63 bits per heavy atom. The highest BCUT2D eigenvalue weighted by Crippen LogP contribution is 2.24. The third-order valence-electron chi connectivity index (χ3n) is 2.79. The highest BCUT2D eigenvalue weighted by molar-refractivity contribution is 9.10. The van der Waals surface area contributed by atoms with Gasteiger partial charge in [-0.05, 0) is 48.6 Å². The van der Waals surface area contributed by atoms with Crippen molar-refractivity contribution in [2.45, 2.75) is 0 Å². The summed E-state index contributed by atoms with van der Waals surface area (Å²) in [5.74, 6) is -0.775. The Kier molecular flexibility index (Phi) is 2.99. The van der Waals surface area contributed by atoms with Crippen LogP contribution in [0.3, 0.4) is 0 Å². The highest BCUT2D eigenvalue weighted by Gasteiger charge is 2.11. The van der Waals surface area contributed by atoms with Gasteiger partial charge in [-0.15, -0.1) is 0 Å². The van der Waals surface area contributed by atoms with Crippen LogP contribution in [-0.4, -0.2) is 9.55 Å². The molecule has 0 aliphatic heterocycles. The van der Waals surface area contributed by atoms with E-state index in [-0.39, 0.29) is 5.82 Å². The van der Waals surface area contributed by atoms with Crippen LogP contribution in [0.15, 0.2) is 40.9 Å². The fourth-order valence-corrected chi connectivity index (χ4v) is 2.63. The molecule has 0 aliphatic carbocycles. The van der Waals surface area contributed by atoms with Gasteiger partial charge in [-0.2, -0.15) is 0 Å². The number of rotatable bonds is 1. The number of aromatic nitrogens is 2. The van der Waals surface area contributed by atoms with E-state index < -0.39 is 5.82 Å². The number of halogens is 3. The molecule has 3 aromatic rings. The van der Waals surface area contributed by atoms with Crippen molar-refractivity contribution in [3.05, 3.63) is 57.3 Å². The van der Waals surface area contributed by atoms with Gasteiger partial charge in [0.1, 0.15) is 11.6 Å². The summed E-state index contributed by atoms with van der Waals surface area (Å²) in [6.07, 6.45) is 0. The van der Waals surface area contributed by atoms with Gasteiger partial charge in [-0.25, -0.2) is 8.78 Å². The van der Waals surface area contributed by atoms with Crippen LogP contribution in [0, 0.1) is 16.4 Å². The molecule has 0 saturated heterocycles. The minimum atomic E-state index is -0.407. The molecule has 2 aromatic carbocycles. The first-order valence-electron chi connectivity index (χ1n) is 5.42. The van der Waals surface area contributed by atoms with Gasteiger partial charge in [-0.1, -0.05) is 15.9 Å². The number of hydrogen-bond donors (Lipinski definition) is 1. The number of imidazole rings is 1. The van der Waals surface area contributed by atoms with Gasteiger partial charge >= 0.3 is 0 Å². The van der Waals surface area contributed by atoms with Gasteiger partial charge in [0.05, 0.1) is 16.7 Å². The molecule has 1 aromatic heterocycles. The van der Waals surface area contributed by atoms with Crippen molar-refractivity contribution in [1.82, 2.24) is 9.55 Å². The summed E-state index contributed by atoms with van der Waals surface area (Å²) in [7, 11) is 0. The first-order chi connectivity index (χ1) is 9.06. The quantitative estimate of drug-likeness (QED) is 0.635. The van der Waals surface area contributed by atoms with E-state index in [1.54, 1.807) is 22.8 Å². The SMILES string of the molecule is Fc1ccc2c(c1)[nH]c(=S)n2-c1ccc(Br)cc1F. The van der Waals surface area contributed by atoms with Crippen molar-refractivity contribution in [3.63, 3.8) is 0 Å². The highest BCUT2D eigenvalue weighted by atomic mass is 79.9. The molecule has 96 valence electrons. The number of nitrogens with zero attached hydrogens (tertiary/aromatic N) is 1. The van der Waals surface area contributed by atoms with Crippen LogP contribution in [0.25, 0.3) is 16.7 Å². The summed E-state index contributed by atoms with van der Waals surface area (Å²) < 4.78 is 29.7. The van der Waals surface area contributed by atoms with Gasteiger partial charge in [-0.3, -0.25) is 4.57 Å². The van der Waals surface area contributed by atoms with Crippen molar-refractivity contribution < 1.29 is 8.78 Å². The zero-order valence-corrected chi connectivity index (χ0v) is 11.9. The maximum absolute atomic E-state index is 14.0. The van der Waals surface area contributed by atoms with Crippen LogP contribution in [0.2, 0.25) is 0 Å². The van der Waals surface area contributed by atoms with E-state index in [0.717, 1.165) is 0 Å². The van der Waals surface area contributed by atoms with Crippen molar-refractivity contribution in [2.24, 2.45) is 0 Å². The van der Waals surface area contributed by atoms with Crippen LogP contribution in [-0.2, 0) is 0 Å². The Bertz CT molecular complexity index is 838. The minimum absolute atomic E-state index is 0.321. The van der Waals surface area contributed by atoms with Crippen LogP contribution in [0.5, 0.6) is 0 Å². The van der Waals surface area contributed by atoms with Gasteiger partial charge in [0.25, 0.3) is 0 Å². The lowest BCUT2D eigenvalue weighted by molar-refractivity contribution is 0.618. The lowest BCUT2D eigenvalue weighted by Gasteiger charge is -2.06. The summed E-state index contributed by atoms with van der Waals surface area (Å²) in [5, 5.41) is 0. The molecule has 3 rings (SSSR count). The van der Waals surface area contributed by atoms with E-state index in [9.17, 15) is 8.78 Å². The summed E-state index contributed by atoms with van der Waals surface area (Å²) >= 11 is 8.38. The summed E-state index contributed by atoms with van der Waals surface area (Å²) in [6, 6.07) is 8.92. The molecule has 0 bridgehead atoms. The monoisotopic (exact) mass is 340 g/mol. The third-order valence-corrected chi connectivity index (χ3v) is 3.57. The topological polar surface area (TPSA) is 20.7 Å². The number of benzene rings is 2. The Morgan fingerprint density at radius 2 is 1.89 bits per heavy atom. The number of fused-ring (bicyclic) bond motifs is 1. The van der Waals surface area contributed by atoms with E-state index in [1.807, 2.05) is 0 Å². The summed E-state index contributed by atoms with van der Waals surface area (Å²) in [5.41, 5.74) is 1.49. The number of aromatic amines is 1. The standard InChI is InChI=1S/C13H7BrF2N2S/c14-7-1-3-11(9(16)5-7)18-12-4-2-8(15)6-10(12)17-13(18)19/h1-6H,(H,17,19). The molecule has 0 amide bonds. The molecule has 6 heteroatoms. The van der Waals surface area contributed by atoms with E-state index in [2.05, 4.69) is 20.9 Å². The zero-order valence-electron chi connectivity index (χ0n) is 9.45. The molecule has 2 nitrogen and oxygen atoms in total. The average Bonchev–Trinajstić information content (AvgIpc) is 2.65. The largest absolute Gasteiger partial charge is 0.330 e. The van der Waals surface area contributed by atoms with E-state index in [0.29, 0.717) is 26.0 Å². The maximum atomic E-state index is 14.0. The molecule has 0 fully saturated rings. The summed E-state index contributed by atoms with van der Waals surface area (Å²) in [6.45, 7) is 0. The molecule has 1 N–H and O–H groups in total. The second-order valence-electron chi connectivity index (χ2n) is 4.02. The molecule has 0 unspecified atom stereocenters. The Hall–Kier alpha value is -1.53. The number of nitrogens with one attached hydrogen (secondary N) is 1. The molecular formula is C13H7BrF2N2S. The lowest BCUT2D eigenvalue weighted by atomic mass is 10.2. The average molecular weight is 341 g/mol. The van der Waals surface area contributed by atoms with Crippen LogP contribution >= 0.6 is 28.1 Å². The van der Waals surface area contributed by atoms with Gasteiger partial charge in [0.15, 0.2) is 4.77 Å². The van der Waals surface area contributed by atoms with Crippen molar-refractivity contribution >= 4 is 39.2 Å². The third kappa shape index (κ3) is 2.11. The van der Waals surface area contributed by atoms with Crippen molar-refractivity contribution in [2.75, 3.05) is 0 Å². The fraction of sp³-hybridized carbons (Fsp3) is 0.